The van der Waals surface area contributed by atoms with Gasteiger partial charge in [0.05, 0.1) is 0 Å². The van der Waals surface area contributed by atoms with Gasteiger partial charge in [0.1, 0.15) is 0 Å². The van der Waals surface area contributed by atoms with Gasteiger partial charge in [0.2, 0.25) is 0 Å². The second-order valence-corrected chi connectivity index (χ2v) is 5.07. The summed E-state index contributed by atoms with van der Waals surface area (Å²) in [6.45, 7) is 5.89. The third kappa shape index (κ3) is 5.21. The molecule has 1 heterocycles. The van der Waals surface area contributed by atoms with Crippen LogP contribution in [0.3, 0.4) is 0 Å². The Morgan fingerprint density at radius 2 is 1.86 bits per heavy atom. The first kappa shape index (κ1) is 12.3. The highest BCUT2D eigenvalue weighted by Crippen LogP contribution is 2.15. The van der Waals surface area contributed by atoms with E-state index >= 15 is 0 Å². The van der Waals surface area contributed by atoms with Gasteiger partial charge in [-0.05, 0) is 25.9 Å². The average Bonchev–Trinajstić information content (AvgIpc) is 2.58. The Balaban J connectivity index is 1.84. The number of alkyl halides is 1. The zero-order chi connectivity index (χ0) is 10.2. The molecule has 84 valence electrons. The van der Waals surface area contributed by atoms with Gasteiger partial charge in [-0.1, -0.05) is 39.0 Å². The summed E-state index contributed by atoms with van der Waals surface area (Å²) in [5.41, 5.74) is 0. The fraction of sp³-hybridized carbons (Fsp3) is 1.00. The summed E-state index contributed by atoms with van der Waals surface area (Å²) in [7, 11) is 0. The minimum atomic E-state index is 0.426. The molecular weight excluding hydrogens is 194 g/mol. The van der Waals surface area contributed by atoms with E-state index in [1.165, 1.54) is 58.0 Å². The minimum Gasteiger partial charge on any atom is -0.302 e. The van der Waals surface area contributed by atoms with Gasteiger partial charge in [0, 0.05) is 11.9 Å². The van der Waals surface area contributed by atoms with Crippen molar-refractivity contribution in [3.63, 3.8) is 0 Å². The number of unbranched alkanes of at least 4 members (excludes halogenated alkanes) is 5. The molecular formula is C12H24ClN. The Kier molecular flexibility index (Phi) is 6.63. The summed E-state index contributed by atoms with van der Waals surface area (Å²) in [4.78, 5) is 2.51. The molecule has 0 spiro atoms. The van der Waals surface area contributed by atoms with Crippen LogP contribution in [0.25, 0.3) is 0 Å². The maximum Gasteiger partial charge on any atom is 0.0475 e. The van der Waals surface area contributed by atoms with Crippen LogP contribution in [0.15, 0.2) is 0 Å². The highest BCUT2D eigenvalue weighted by atomic mass is 35.5. The Morgan fingerprint density at radius 3 is 2.50 bits per heavy atom. The SMILES string of the molecule is CCCCCCCCN1CCC(Cl)C1. The molecule has 1 saturated heterocycles. The second kappa shape index (κ2) is 7.53. The van der Waals surface area contributed by atoms with E-state index in [1.807, 2.05) is 0 Å². The lowest BCUT2D eigenvalue weighted by Gasteiger charge is -2.14. The van der Waals surface area contributed by atoms with Gasteiger partial charge in [0.15, 0.2) is 0 Å². The van der Waals surface area contributed by atoms with Crippen molar-refractivity contribution in [2.75, 3.05) is 19.6 Å². The Bertz CT molecular complexity index is 138. The molecule has 1 rings (SSSR count). The largest absolute Gasteiger partial charge is 0.302 e. The monoisotopic (exact) mass is 217 g/mol. The first-order valence-electron chi connectivity index (χ1n) is 6.19. The molecule has 0 amide bonds. The predicted molar refractivity (Wildman–Crippen MR) is 64.1 cm³/mol. The van der Waals surface area contributed by atoms with Gasteiger partial charge in [-0.25, -0.2) is 0 Å². The number of hydrogen-bond acceptors (Lipinski definition) is 1. The van der Waals surface area contributed by atoms with E-state index in [1.54, 1.807) is 0 Å². The third-order valence-electron chi connectivity index (χ3n) is 3.04. The Labute approximate surface area is 93.8 Å². The van der Waals surface area contributed by atoms with Crippen LogP contribution >= 0.6 is 11.6 Å². The topological polar surface area (TPSA) is 3.24 Å². The van der Waals surface area contributed by atoms with Crippen molar-refractivity contribution in [1.82, 2.24) is 4.90 Å². The lowest BCUT2D eigenvalue weighted by atomic mass is 10.1. The molecule has 1 aliphatic rings. The molecule has 0 saturated carbocycles. The number of likely N-dealkylation sites (tertiary alicyclic amines) is 1. The Morgan fingerprint density at radius 1 is 1.14 bits per heavy atom. The Hall–Kier alpha value is 0.250. The molecule has 1 nitrogen and oxygen atoms in total. The summed E-state index contributed by atoms with van der Waals surface area (Å²) >= 11 is 6.05. The van der Waals surface area contributed by atoms with E-state index in [0.717, 1.165) is 6.54 Å². The molecule has 14 heavy (non-hydrogen) atoms. The van der Waals surface area contributed by atoms with Crippen LogP contribution in [0.2, 0.25) is 0 Å². The molecule has 1 aliphatic heterocycles. The molecule has 0 aromatic rings. The maximum absolute atomic E-state index is 6.05. The summed E-state index contributed by atoms with van der Waals surface area (Å²) in [5, 5.41) is 0.426. The van der Waals surface area contributed by atoms with Gasteiger partial charge in [0.25, 0.3) is 0 Å². The maximum atomic E-state index is 6.05. The lowest BCUT2D eigenvalue weighted by molar-refractivity contribution is 0.328. The van der Waals surface area contributed by atoms with E-state index in [0.29, 0.717) is 5.38 Å². The van der Waals surface area contributed by atoms with E-state index in [4.69, 9.17) is 11.6 Å². The summed E-state index contributed by atoms with van der Waals surface area (Å²) in [6.07, 6.45) is 9.57. The van der Waals surface area contributed by atoms with E-state index in [-0.39, 0.29) is 0 Å². The second-order valence-electron chi connectivity index (χ2n) is 4.45. The van der Waals surface area contributed by atoms with Crippen LogP contribution in [-0.4, -0.2) is 29.9 Å². The van der Waals surface area contributed by atoms with E-state index in [9.17, 15) is 0 Å². The summed E-state index contributed by atoms with van der Waals surface area (Å²) in [5.74, 6) is 0. The van der Waals surface area contributed by atoms with Crippen LogP contribution in [0.4, 0.5) is 0 Å². The molecule has 1 unspecified atom stereocenters. The first-order valence-corrected chi connectivity index (χ1v) is 6.63. The van der Waals surface area contributed by atoms with Crippen molar-refractivity contribution in [2.45, 2.75) is 57.2 Å². The van der Waals surface area contributed by atoms with Gasteiger partial charge >= 0.3 is 0 Å². The molecule has 0 radical (unpaired) electrons. The highest BCUT2D eigenvalue weighted by molar-refractivity contribution is 6.20. The fourth-order valence-electron chi connectivity index (χ4n) is 2.10. The fourth-order valence-corrected chi connectivity index (χ4v) is 2.40. The van der Waals surface area contributed by atoms with E-state index < -0.39 is 0 Å². The van der Waals surface area contributed by atoms with Crippen LogP contribution < -0.4 is 0 Å². The molecule has 0 aromatic carbocycles. The smallest absolute Gasteiger partial charge is 0.0475 e. The number of rotatable bonds is 7. The van der Waals surface area contributed by atoms with Crippen LogP contribution in [0.5, 0.6) is 0 Å². The normalized spacial score (nSPS) is 23.1. The van der Waals surface area contributed by atoms with Crippen molar-refractivity contribution in [3.8, 4) is 0 Å². The van der Waals surface area contributed by atoms with Gasteiger partial charge in [-0.15, -0.1) is 11.6 Å². The quantitative estimate of drug-likeness (QED) is 0.465. The molecule has 0 aliphatic carbocycles. The number of halogens is 1. The summed E-state index contributed by atoms with van der Waals surface area (Å²) in [6, 6.07) is 0. The van der Waals surface area contributed by atoms with Crippen molar-refractivity contribution >= 4 is 11.6 Å². The number of hydrogen-bond donors (Lipinski definition) is 0. The van der Waals surface area contributed by atoms with Gasteiger partial charge in [-0.2, -0.15) is 0 Å². The molecule has 1 atom stereocenters. The average molecular weight is 218 g/mol. The summed E-state index contributed by atoms with van der Waals surface area (Å²) < 4.78 is 0. The number of nitrogens with zero attached hydrogens (tertiary/aromatic N) is 1. The van der Waals surface area contributed by atoms with Crippen molar-refractivity contribution in [1.29, 1.82) is 0 Å². The standard InChI is InChI=1S/C12H24ClN/c1-2-3-4-5-6-7-9-14-10-8-12(13)11-14/h12H,2-11H2,1H3. The third-order valence-corrected chi connectivity index (χ3v) is 3.40. The van der Waals surface area contributed by atoms with Crippen molar-refractivity contribution in [2.24, 2.45) is 0 Å². The van der Waals surface area contributed by atoms with Crippen LogP contribution in [0, 0.1) is 0 Å². The van der Waals surface area contributed by atoms with Crippen molar-refractivity contribution < 1.29 is 0 Å². The highest BCUT2D eigenvalue weighted by Gasteiger charge is 2.18. The van der Waals surface area contributed by atoms with Gasteiger partial charge in [-0.3, -0.25) is 0 Å². The van der Waals surface area contributed by atoms with E-state index in [2.05, 4.69) is 11.8 Å². The molecule has 2 heteroatoms. The molecule has 0 N–H and O–H groups in total. The van der Waals surface area contributed by atoms with Crippen molar-refractivity contribution in [3.05, 3.63) is 0 Å². The first-order chi connectivity index (χ1) is 6.83. The predicted octanol–water partition coefficient (Wildman–Crippen LogP) is 3.66. The van der Waals surface area contributed by atoms with Crippen LogP contribution in [-0.2, 0) is 0 Å². The molecule has 0 bridgehead atoms. The molecule has 1 fully saturated rings. The zero-order valence-electron chi connectivity index (χ0n) is 9.47. The molecule has 0 aromatic heterocycles. The zero-order valence-corrected chi connectivity index (χ0v) is 10.2. The lowest BCUT2D eigenvalue weighted by Crippen LogP contribution is -2.21. The van der Waals surface area contributed by atoms with Gasteiger partial charge < -0.3 is 4.90 Å². The van der Waals surface area contributed by atoms with Crippen LogP contribution in [0.1, 0.15) is 51.9 Å². The minimum absolute atomic E-state index is 0.426.